The molecule has 0 aliphatic rings. The summed E-state index contributed by atoms with van der Waals surface area (Å²) in [6, 6.07) is 13.8. The summed E-state index contributed by atoms with van der Waals surface area (Å²) in [5.74, 6) is 6.66. The minimum atomic E-state index is -0.235. The Morgan fingerprint density at radius 2 is 1.72 bits per heavy atom. The van der Waals surface area contributed by atoms with Crippen molar-refractivity contribution in [2.75, 3.05) is 5.73 Å². The number of fused-ring (bicyclic) bond motifs is 1. The van der Waals surface area contributed by atoms with Gasteiger partial charge in [0, 0.05) is 34.6 Å². The molecule has 7 N–H and O–H groups in total. The van der Waals surface area contributed by atoms with Crippen LogP contribution in [0.4, 0.5) is 5.95 Å². The van der Waals surface area contributed by atoms with E-state index in [4.69, 9.17) is 22.3 Å². The molecule has 4 rings (SSSR count). The van der Waals surface area contributed by atoms with Gasteiger partial charge in [-0.25, -0.2) is 26.3 Å². The van der Waals surface area contributed by atoms with E-state index in [0.717, 1.165) is 39.1 Å². The lowest BCUT2D eigenvalue weighted by Gasteiger charge is -2.25. The van der Waals surface area contributed by atoms with Crippen molar-refractivity contribution in [1.82, 2.24) is 25.1 Å². The second-order valence-corrected chi connectivity index (χ2v) is 8.15. The van der Waals surface area contributed by atoms with E-state index in [9.17, 15) is 0 Å². The van der Waals surface area contributed by atoms with Gasteiger partial charge in [0.15, 0.2) is 5.84 Å². The van der Waals surface area contributed by atoms with Crippen molar-refractivity contribution < 1.29 is 0 Å². The van der Waals surface area contributed by atoms with Gasteiger partial charge < -0.3 is 16.0 Å². The Hall–Kier alpha value is -3.98. The molecule has 0 unspecified atom stereocenters. The average molecular weight is 432 g/mol. The van der Waals surface area contributed by atoms with Crippen LogP contribution in [0, 0.1) is 0 Å². The molecule has 0 saturated carbocycles. The van der Waals surface area contributed by atoms with Crippen LogP contribution in [0.5, 0.6) is 0 Å². The van der Waals surface area contributed by atoms with Crippen molar-refractivity contribution in [2.24, 2.45) is 16.7 Å². The molecule has 9 heteroatoms. The lowest BCUT2D eigenvalue weighted by atomic mass is 10.0. The molecule has 2 aromatic heterocycles. The first-order valence-corrected chi connectivity index (χ1v) is 9.79. The largest absolute Gasteiger partial charge is 0.382 e. The first-order valence-electron chi connectivity index (χ1n) is 9.79. The molecule has 32 heavy (non-hydrogen) atoms. The minimum absolute atomic E-state index is 0. The van der Waals surface area contributed by atoms with E-state index in [1.165, 1.54) is 0 Å². The van der Waals surface area contributed by atoms with Crippen LogP contribution in [0.15, 0.2) is 60.0 Å². The summed E-state index contributed by atoms with van der Waals surface area (Å²) in [4.78, 5) is 13.2. The highest BCUT2D eigenvalue weighted by molar-refractivity contribution is 6.03. The number of anilines is 1. The molecule has 0 aliphatic carbocycles. The van der Waals surface area contributed by atoms with Crippen LogP contribution in [-0.2, 0) is 5.54 Å². The zero-order chi connectivity index (χ0) is 22.2. The number of hydrazone groups is 1. The van der Waals surface area contributed by atoms with Gasteiger partial charge in [-0.2, -0.15) is 0 Å². The predicted octanol–water partition coefficient (Wildman–Crippen LogP) is 3.22. The summed E-state index contributed by atoms with van der Waals surface area (Å²) < 4.78 is 2.20. The maximum absolute atomic E-state index is 6.16. The fourth-order valence-corrected chi connectivity index (χ4v) is 3.64. The predicted molar refractivity (Wildman–Crippen MR) is 130 cm³/mol. The lowest BCUT2D eigenvalue weighted by Crippen LogP contribution is -2.25. The maximum atomic E-state index is 6.16. The fraction of sp³-hybridized carbons (Fsp3) is 0.217. The number of hydrogen-bond acceptors (Lipinski definition) is 7. The standard InChI is InChI=1S/C22H25N9.CH4/c1-22(2,3)31-18-9-8-13(14-11-26-21(24)27-12-14)10-17(18)28-20(31)16-7-5-4-6-15(16)19(23)29-30-25;/h4-12,30H,25H2,1-3H3,(H2,23,29)(H2,24,26,27);1H4. The molecule has 2 heterocycles. The molecule has 9 nitrogen and oxygen atoms in total. The van der Waals surface area contributed by atoms with Crippen molar-refractivity contribution in [3.8, 4) is 22.5 Å². The number of benzene rings is 2. The number of nitrogen functional groups attached to an aromatic ring is 1. The Kier molecular flexibility index (Phi) is 6.13. The van der Waals surface area contributed by atoms with Crippen LogP contribution >= 0.6 is 0 Å². The Bertz CT molecular complexity index is 1270. The highest BCUT2D eigenvalue weighted by atomic mass is 15.5. The number of nitrogens with two attached hydrogens (primary N) is 3. The van der Waals surface area contributed by atoms with Crippen LogP contribution in [-0.4, -0.2) is 25.4 Å². The number of nitrogens with zero attached hydrogens (tertiary/aromatic N) is 5. The van der Waals surface area contributed by atoms with Gasteiger partial charge in [0.1, 0.15) is 5.82 Å². The van der Waals surface area contributed by atoms with Gasteiger partial charge in [-0.15, -0.1) is 5.10 Å². The summed E-state index contributed by atoms with van der Waals surface area (Å²) in [5, 5.41) is 3.95. The number of amidine groups is 1. The van der Waals surface area contributed by atoms with E-state index >= 15 is 0 Å². The van der Waals surface area contributed by atoms with Gasteiger partial charge in [0.05, 0.1) is 11.0 Å². The van der Waals surface area contributed by atoms with E-state index < -0.39 is 0 Å². The molecule has 0 saturated heterocycles. The average Bonchev–Trinajstić information content (AvgIpc) is 3.13. The van der Waals surface area contributed by atoms with Crippen LogP contribution in [0.3, 0.4) is 0 Å². The van der Waals surface area contributed by atoms with E-state index in [1.807, 2.05) is 36.4 Å². The molecule has 0 bridgehead atoms. The molecule has 4 aromatic rings. The summed E-state index contributed by atoms with van der Waals surface area (Å²) in [7, 11) is 0. The Morgan fingerprint density at radius 1 is 1.03 bits per heavy atom. The van der Waals surface area contributed by atoms with Crippen molar-refractivity contribution >= 4 is 22.8 Å². The Labute approximate surface area is 187 Å². The molecule has 0 aliphatic heterocycles. The number of nitrogens with one attached hydrogen (secondary N) is 1. The second kappa shape index (κ2) is 8.64. The van der Waals surface area contributed by atoms with E-state index in [1.54, 1.807) is 12.4 Å². The summed E-state index contributed by atoms with van der Waals surface area (Å²) in [5.41, 5.74) is 19.1. The number of hydrazine groups is 1. The molecule has 2 aromatic carbocycles. The second-order valence-electron chi connectivity index (χ2n) is 8.15. The lowest BCUT2D eigenvalue weighted by molar-refractivity contribution is 0.413. The zero-order valence-electron chi connectivity index (χ0n) is 17.7. The smallest absolute Gasteiger partial charge is 0.219 e. The number of hydrogen-bond donors (Lipinski definition) is 4. The van der Waals surface area contributed by atoms with E-state index in [2.05, 4.69) is 52.0 Å². The molecule has 0 amide bonds. The highest BCUT2D eigenvalue weighted by Gasteiger charge is 2.24. The van der Waals surface area contributed by atoms with Crippen molar-refractivity contribution in [2.45, 2.75) is 33.7 Å². The van der Waals surface area contributed by atoms with Gasteiger partial charge >= 0.3 is 0 Å². The summed E-state index contributed by atoms with van der Waals surface area (Å²) >= 11 is 0. The first-order chi connectivity index (χ1) is 14.8. The van der Waals surface area contributed by atoms with Gasteiger partial charge in [0.25, 0.3) is 0 Å². The van der Waals surface area contributed by atoms with Crippen LogP contribution < -0.4 is 22.8 Å². The van der Waals surface area contributed by atoms with E-state index in [-0.39, 0.29) is 24.7 Å². The molecule has 0 spiro atoms. The topological polar surface area (TPSA) is 146 Å². The zero-order valence-corrected chi connectivity index (χ0v) is 17.7. The molecule has 0 fully saturated rings. The van der Waals surface area contributed by atoms with Crippen molar-refractivity contribution in [1.29, 1.82) is 0 Å². The van der Waals surface area contributed by atoms with Gasteiger partial charge in [-0.05, 0) is 38.5 Å². The maximum Gasteiger partial charge on any atom is 0.219 e. The molecular weight excluding hydrogens is 402 g/mol. The quantitative estimate of drug-likeness (QED) is 0.168. The third-order valence-corrected chi connectivity index (χ3v) is 4.96. The van der Waals surface area contributed by atoms with E-state index in [0.29, 0.717) is 0 Å². The Balaban J connectivity index is 0.00000289. The normalized spacial score (nSPS) is 11.9. The number of imidazole rings is 1. The van der Waals surface area contributed by atoms with Crippen molar-refractivity contribution in [3.05, 3.63) is 60.4 Å². The third-order valence-electron chi connectivity index (χ3n) is 4.96. The summed E-state index contributed by atoms with van der Waals surface area (Å²) in [6.07, 6.45) is 3.41. The fourth-order valence-electron chi connectivity index (χ4n) is 3.64. The first kappa shape index (κ1) is 22.7. The highest BCUT2D eigenvalue weighted by Crippen LogP contribution is 2.34. The summed E-state index contributed by atoms with van der Waals surface area (Å²) in [6.45, 7) is 6.42. The molecule has 0 atom stereocenters. The van der Waals surface area contributed by atoms with Crippen LogP contribution in [0.1, 0.15) is 33.8 Å². The van der Waals surface area contributed by atoms with Gasteiger partial charge in [-0.1, -0.05) is 37.8 Å². The van der Waals surface area contributed by atoms with Crippen LogP contribution in [0.25, 0.3) is 33.5 Å². The minimum Gasteiger partial charge on any atom is -0.382 e. The molecule has 166 valence electrons. The monoisotopic (exact) mass is 431 g/mol. The Morgan fingerprint density at radius 3 is 2.38 bits per heavy atom. The number of aromatic nitrogens is 4. The third kappa shape index (κ3) is 4.10. The van der Waals surface area contributed by atoms with Gasteiger partial charge in [-0.3, -0.25) is 0 Å². The molecule has 0 radical (unpaired) electrons. The van der Waals surface area contributed by atoms with Crippen LogP contribution in [0.2, 0.25) is 0 Å². The molecular formula is C23H29N9. The number of rotatable bonds is 4. The SMILES string of the molecule is C.CC(C)(C)n1c(-c2ccccc2/C(N)=N/NN)nc2cc(-c3cnc(N)nc3)ccc21. The van der Waals surface area contributed by atoms with Gasteiger partial charge in [0.2, 0.25) is 5.95 Å². The van der Waals surface area contributed by atoms with Crippen molar-refractivity contribution in [3.63, 3.8) is 0 Å².